The molecule has 5 heteroatoms. The van der Waals surface area contributed by atoms with Crippen molar-refractivity contribution in [2.45, 2.75) is 19.8 Å². The number of ether oxygens (including phenoxy) is 1. The molecule has 1 N–H and O–H groups in total. The molecule has 0 aliphatic carbocycles. The van der Waals surface area contributed by atoms with Crippen molar-refractivity contribution in [2.24, 2.45) is 0 Å². The van der Waals surface area contributed by atoms with E-state index in [1.54, 1.807) is 0 Å². The Bertz CT molecular complexity index is 740. The molecular weight excluding hydrogens is 338 g/mol. The third kappa shape index (κ3) is 5.73. The lowest BCUT2D eigenvalue weighted by Gasteiger charge is -2.35. The molecule has 0 aromatic heterocycles. The van der Waals surface area contributed by atoms with E-state index in [0.29, 0.717) is 19.4 Å². The number of piperazine rings is 1. The van der Waals surface area contributed by atoms with Gasteiger partial charge in [-0.05, 0) is 56.3 Å². The van der Waals surface area contributed by atoms with E-state index >= 15 is 0 Å². The Hall–Kier alpha value is -2.53. The number of para-hydroxylation sites is 1. The maximum atomic E-state index is 12.2. The Kier molecular flexibility index (Phi) is 6.71. The molecule has 0 atom stereocenters. The lowest BCUT2D eigenvalue weighted by atomic mass is 10.1. The minimum atomic E-state index is 0.0263. The zero-order valence-electron chi connectivity index (χ0n) is 16.3. The highest BCUT2D eigenvalue weighted by Crippen LogP contribution is 2.24. The van der Waals surface area contributed by atoms with Crippen molar-refractivity contribution < 1.29 is 9.53 Å². The number of anilines is 2. The Labute approximate surface area is 161 Å². The summed E-state index contributed by atoms with van der Waals surface area (Å²) in [5.41, 5.74) is 3.32. The molecular formula is C22H29N3O2. The van der Waals surface area contributed by atoms with Crippen LogP contribution in [-0.4, -0.2) is 50.6 Å². The lowest BCUT2D eigenvalue weighted by Crippen LogP contribution is -2.44. The van der Waals surface area contributed by atoms with Gasteiger partial charge in [0.15, 0.2) is 0 Å². The van der Waals surface area contributed by atoms with Gasteiger partial charge >= 0.3 is 0 Å². The van der Waals surface area contributed by atoms with Gasteiger partial charge in [0.05, 0.1) is 6.61 Å². The van der Waals surface area contributed by atoms with Gasteiger partial charge in [-0.15, -0.1) is 0 Å². The first-order valence-electron chi connectivity index (χ1n) is 9.63. The number of hydrogen-bond donors (Lipinski definition) is 1. The maximum absolute atomic E-state index is 12.2. The summed E-state index contributed by atoms with van der Waals surface area (Å²) < 4.78 is 5.63. The van der Waals surface area contributed by atoms with E-state index in [0.717, 1.165) is 37.6 Å². The van der Waals surface area contributed by atoms with E-state index in [-0.39, 0.29) is 5.91 Å². The fourth-order valence-electron chi connectivity index (χ4n) is 3.30. The van der Waals surface area contributed by atoms with Gasteiger partial charge in [-0.2, -0.15) is 0 Å². The first-order chi connectivity index (χ1) is 13.1. The SMILES string of the molecule is Cc1cc(NC(=O)CCCOc2ccccc2)ccc1N1CCN(C)CC1. The highest BCUT2D eigenvalue weighted by molar-refractivity contribution is 5.91. The van der Waals surface area contributed by atoms with Crippen LogP contribution in [0.15, 0.2) is 48.5 Å². The fraction of sp³-hybridized carbons (Fsp3) is 0.409. The number of nitrogens with one attached hydrogen (secondary N) is 1. The largest absolute Gasteiger partial charge is 0.494 e. The third-order valence-corrected chi connectivity index (χ3v) is 4.88. The van der Waals surface area contributed by atoms with Gasteiger partial charge in [0.1, 0.15) is 5.75 Å². The van der Waals surface area contributed by atoms with Gasteiger partial charge in [0.2, 0.25) is 5.91 Å². The van der Waals surface area contributed by atoms with Crippen LogP contribution in [0.2, 0.25) is 0 Å². The molecule has 0 unspecified atom stereocenters. The van der Waals surface area contributed by atoms with E-state index in [1.807, 2.05) is 36.4 Å². The van der Waals surface area contributed by atoms with Crippen molar-refractivity contribution in [1.82, 2.24) is 4.90 Å². The van der Waals surface area contributed by atoms with Gasteiger partial charge in [0, 0.05) is 44.0 Å². The summed E-state index contributed by atoms with van der Waals surface area (Å²) in [4.78, 5) is 16.9. The number of rotatable bonds is 7. The van der Waals surface area contributed by atoms with Gasteiger partial charge in [-0.25, -0.2) is 0 Å². The second kappa shape index (κ2) is 9.42. The lowest BCUT2D eigenvalue weighted by molar-refractivity contribution is -0.116. The number of benzene rings is 2. The standard InChI is InChI=1S/C22H29N3O2/c1-18-17-19(10-11-21(18)25-14-12-24(2)13-15-25)23-22(26)9-6-16-27-20-7-4-3-5-8-20/h3-5,7-8,10-11,17H,6,9,12-16H2,1-2H3,(H,23,26). The molecule has 1 fully saturated rings. The van der Waals surface area contributed by atoms with Crippen LogP contribution in [0.3, 0.4) is 0 Å². The minimum Gasteiger partial charge on any atom is -0.494 e. The van der Waals surface area contributed by atoms with Crippen molar-refractivity contribution in [3.8, 4) is 5.75 Å². The molecule has 3 rings (SSSR count). The van der Waals surface area contributed by atoms with Gasteiger partial charge in [-0.1, -0.05) is 18.2 Å². The van der Waals surface area contributed by atoms with Gasteiger partial charge < -0.3 is 19.9 Å². The molecule has 144 valence electrons. The van der Waals surface area contributed by atoms with E-state index < -0.39 is 0 Å². The maximum Gasteiger partial charge on any atom is 0.224 e. The number of amides is 1. The highest BCUT2D eigenvalue weighted by Gasteiger charge is 2.16. The first kappa shape index (κ1) is 19.2. The molecule has 5 nitrogen and oxygen atoms in total. The van der Waals surface area contributed by atoms with Crippen LogP contribution in [0, 0.1) is 6.92 Å². The van der Waals surface area contributed by atoms with Crippen molar-refractivity contribution in [3.05, 3.63) is 54.1 Å². The molecule has 2 aromatic rings. The average Bonchev–Trinajstić information content (AvgIpc) is 2.67. The zero-order chi connectivity index (χ0) is 19.1. The van der Waals surface area contributed by atoms with E-state index in [4.69, 9.17) is 4.74 Å². The van der Waals surface area contributed by atoms with Crippen LogP contribution < -0.4 is 15.0 Å². The Morgan fingerprint density at radius 1 is 1.07 bits per heavy atom. The molecule has 1 heterocycles. The monoisotopic (exact) mass is 367 g/mol. The number of aryl methyl sites for hydroxylation is 1. The Morgan fingerprint density at radius 2 is 1.81 bits per heavy atom. The molecule has 27 heavy (non-hydrogen) atoms. The van der Waals surface area contributed by atoms with Crippen molar-refractivity contribution >= 4 is 17.3 Å². The normalized spacial score (nSPS) is 14.8. The highest BCUT2D eigenvalue weighted by atomic mass is 16.5. The summed E-state index contributed by atoms with van der Waals surface area (Å²) in [6, 6.07) is 15.9. The van der Waals surface area contributed by atoms with Crippen LogP contribution >= 0.6 is 0 Å². The summed E-state index contributed by atoms with van der Waals surface area (Å²) in [5.74, 6) is 0.867. The second-order valence-electron chi connectivity index (χ2n) is 7.10. The zero-order valence-corrected chi connectivity index (χ0v) is 16.3. The number of hydrogen-bond acceptors (Lipinski definition) is 4. The predicted octanol–water partition coefficient (Wildman–Crippen LogP) is 3.54. The van der Waals surface area contributed by atoms with Crippen molar-refractivity contribution in [2.75, 3.05) is 50.1 Å². The van der Waals surface area contributed by atoms with E-state index in [2.05, 4.69) is 41.2 Å². The summed E-state index contributed by atoms with van der Waals surface area (Å²) in [6.45, 7) is 6.91. The van der Waals surface area contributed by atoms with Crippen LogP contribution in [0.25, 0.3) is 0 Å². The van der Waals surface area contributed by atoms with E-state index in [9.17, 15) is 4.79 Å². The quantitative estimate of drug-likeness (QED) is 0.760. The summed E-state index contributed by atoms with van der Waals surface area (Å²) in [5, 5.41) is 3.00. The van der Waals surface area contributed by atoms with Gasteiger partial charge in [-0.3, -0.25) is 4.79 Å². The number of likely N-dealkylation sites (N-methyl/N-ethyl adjacent to an activating group) is 1. The molecule has 1 amide bonds. The predicted molar refractivity (Wildman–Crippen MR) is 111 cm³/mol. The molecule has 0 bridgehead atoms. The van der Waals surface area contributed by atoms with Crippen molar-refractivity contribution in [1.29, 1.82) is 0 Å². The first-order valence-corrected chi connectivity index (χ1v) is 9.63. The Morgan fingerprint density at radius 3 is 2.52 bits per heavy atom. The topological polar surface area (TPSA) is 44.8 Å². The molecule has 0 radical (unpaired) electrons. The van der Waals surface area contributed by atoms with Crippen molar-refractivity contribution in [3.63, 3.8) is 0 Å². The summed E-state index contributed by atoms with van der Waals surface area (Å²) in [6.07, 6.45) is 1.14. The number of carbonyl (C=O) groups is 1. The molecule has 1 aliphatic rings. The van der Waals surface area contributed by atoms with Crippen LogP contribution in [0.5, 0.6) is 5.75 Å². The fourth-order valence-corrected chi connectivity index (χ4v) is 3.30. The molecule has 1 saturated heterocycles. The third-order valence-electron chi connectivity index (χ3n) is 4.88. The average molecular weight is 367 g/mol. The number of carbonyl (C=O) groups excluding carboxylic acids is 1. The molecule has 0 spiro atoms. The van der Waals surface area contributed by atoms with E-state index in [1.165, 1.54) is 11.3 Å². The summed E-state index contributed by atoms with van der Waals surface area (Å²) >= 11 is 0. The van der Waals surface area contributed by atoms with Crippen LogP contribution in [0.4, 0.5) is 11.4 Å². The second-order valence-corrected chi connectivity index (χ2v) is 7.10. The molecule has 0 saturated carbocycles. The summed E-state index contributed by atoms with van der Waals surface area (Å²) in [7, 11) is 2.16. The minimum absolute atomic E-state index is 0.0263. The molecule has 1 aliphatic heterocycles. The molecule has 2 aromatic carbocycles. The van der Waals surface area contributed by atoms with Crippen LogP contribution in [-0.2, 0) is 4.79 Å². The van der Waals surface area contributed by atoms with Crippen LogP contribution in [0.1, 0.15) is 18.4 Å². The smallest absolute Gasteiger partial charge is 0.224 e. The van der Waals surface area contributed by atoms with Gasteiger partial charge in [0.25, 0.3) is 0 Å². The number of nitrogens with zero attached hydrogens (tertiary/aromatic N) is 2. The Balaban J connectivity index is 1.44.